The van der Waals surface area contributed by atoms with Crippen molar-refractivity contribution in [1.29, 1.82) is 0 Å². The van der Waals surface area contributed by atoms with E-state index in [1.807, 2.05) is 0 Å². The molecule has 19 heavy (non-hydrogen) atoms. The van der Waals surface area contributed by atoms with E-state index in [2.05, 4.69) is 16.0 Å². The van der Waals surface area contributed by atoms with Crippen LogP contribution in [0.4, 0.5) is 0 Å². The van der Waals surface area contributed by atoms with Gasteiger partial charge in [0.05, 0.1) is 25.4 Å². The number of carbonyl (C=O) groups excluding carboxylic acids is 5. The maximum Gasteiger partial charge on any atom is 0.239 e. The summed E-state index contributed by atoms with van der Waals surface area (Å²) in [7, 11) is 0. The molecular weight excluding hydrogens is 274 g/mol. The quantitative estimate of drug-likeness (QED) is 0.437. The first-order valence-electron chi connectivity index (χ1n) is 5.32. The molecule has 0 aliphatic carbocycles. The molecular formula is C10H15N3O5S. The molecule has 0 saturated carbocycles. The molecule has 0 aromatic rings. The van der Waals surface area contributed by atoms with Crippen LogP contribution in [0, 0.1) is 0 Å². The van der Waals surface area contributed by atoms with Gasteiger partial charge in [-0.3, -0.25) is 19.2 Å². The Labute approximate surface area is 114 Å². The van der Waals surface area contributed by atoms with E-state index in [0.717, 1.165) is 11.8 Å². The molecule has 0 aliphatic rings. The van der Waals surface area contributed by atoms with Crippen molar-refractivity contribution >= 4 is 40.9 Å². The smallest absolute Gasteiger partial charge is 0.239 e. The molecule has 0 aromatic carbocycles. The molecule has 0 aliphatic heterocycles. The van der Waals surface area contributed by atoms with Gasteiger partial charge in [0.15, 0.2) is 5.12 Å². The highest BCUT2D eigenvalue weighted by molar-refractivity contribution is 8.14. The lowest BCUT2D eigenvalue weighted by atomic mass is 10.5. The highest BCUT2D eigenvalue weighted by Crippen LogP contribution is 1.98. The molecule has 0 aromatic heterocycles. The van der Waals surface area contributed by atoms with Crippen LogP contribution < -0.4 is 16.0 Å². The number of nitrogens with one attached hydrogen (secondary N) is 3. The molecule has 0 spiro atoms. The minimum absolute atomic E-state index is 0.0531. The van der Waals surface area contributed by atoms with Gasteiger partial charge in [0.25, 0.3) is 0 Å². The lowest BCUT2D eigenvalue weighted by molar-refractivity contribution is -0.127. The summed E-state index contributed by atoms with van der Waals surface area (Å²) in [6, 6.07) is 0. The monoisotopic (exact) mass is 289 g/mol. The van der Waals surface area contributed by atoms with E-state index in [1.165, 1.54) is 6.92 Å². The van der Waals surface area contributed by atoms with E-state index in [9.17, 15) is 24.0 Å². The molecule has 0 rings (SSSR count). The highest BCUT2D eigenvalue weighted by atomic mass is 32.2. The first-order valence-corrected chi connectivity index (χ1v) is 6.31. The average Bonchev–Trinajstić information content (AvgIpc) is 2.37. The minimum atomic E-state index is -0.539. The summed E-state index contributed by atoms with van der Waals surface area (Å²) in [4.78, 5) is 53.9. The van der Waals surface area contributed by atoms with Gasteiger partial charge in [-0.25, -0.2) is 0 Å². The van der Waals surface area contributed by atoms with Gasteiger partial charge in [-0.15, -0.1) is 0 Å². The number of thioether (sulfide) groups is 1. The second kappa shape index (κ2) is 10.1. The SMILES string of the molecule is CC(=O)SCC(=O)NCC(=O)NCC(=O)NCC=O. The van der Waals surface area contributed by atoms with Crippen LogP contribution in [0.2, 0.25) is 0 Å². The van der Waals surface area contributed by atoms with Crippen molar-refractivity contribution in [2.75, 3.05) is 25.4 Å². The molecule has 3 N–H and O–H groups in total. The molecule has 3 amide bonds. The van der Waals surface area contributed by atoms with Gasteiger partial charge in [-0.2, -0.15) is 0 Å². The van der Waals surface area contributed by atoms with Crippen molar-refractivity contribution in [3.8, 4) is 0 Å². The van der Waals surface area contributed by atoms with Gasteiger partial charge in [0.2, 0.25) is 17.7 Å². The normalized spacial score (nSPS) is 9.32. The van der Waals surface area contributed by atoms with Crippen LogP contribution in [0.1, 0.15) is 6.92 Å². The topological polar surface area (TPSA) is 121 Å². The van der Waals surface area contributed by atoms with Crippen LogP contribution in [0.25, 0.3) is 0 Å². The fourth-order valence-electron chi connectivity index (χ4n) is 0.856. The van der Waals surface area contributed by atoms with Crippen LogP contribution in [0.15, 0.2) is 0 Å². The van der Waals surface area contributed by atoms with Crippen LogP contribution in [-0.4, -0.2) is 54.5 Å². The van der Waals surface area contributed by atoms with Crippen LogP contribution in [0.3, 0.4) is 0 Å². The maximum atomic E-state index is 11.2. The fraction of sp³-hybridized carbons (Fsp3) is 0.500. The molecule has 0 atom stereocenters. The predicted octanol–water partition coefficient (Wildman–Crippen LogP) is -2.19. The highest BCUT2D eigenvalue weighted by Gasteiger charge is 2.08. The van der Waals surface area contributed by atoms with E-state index in [0.29, 0.717) is 6.29 Å². The number of hydrogen-bond acceptors (Lipinski definition) is 6. The zero-order valence-corrected chi connectivity index (χ0v) is 11.2. The van der Waals surface area contributed by atoms with Crippen LogP contribution in [-0.2, 0) is 24.0 Å². The lowest BCUT2D eigenvalue weighted by Crippen LogP contribution is -2.42. The number of carbonyl (C=O) groups is 5. The summed E-state index contributed by atoms with van der Waals surface area (Å²) < 4.78 is 0. The first-order chi connectivity index (χ1) is 8.95. The van der Waals surface area contributed by atoms with E-state index in [1.54, 1.807) is 0 Å². The van der Waals surface area contributed by atoms with Crippen LogP contribution in [0.5, 0.6) is 0 Å². The van der Waals surface area contributed by atoms with Gasteiger partial charge in [0.1, 0.15) is 6.29 Å². The van der Waals surface area contributed by atoms with Crippen molar-refractivity contribution in [3.05, 3.63) is 0 Å². The molecule has 0 saturated heterocycles. The summed E-state index contributed by atoms with van der Waals surface area (Å²) >= 11 is 0.839. The molecule has 9 heteroatoms. The Kier molecular flexibility index (Phi) is 9.06. The third kappa shape index (κ3) is 10.9. The Hall–Kier alpha value is -1.90. The van der Waals surface area contributed by atoms with Crippen molar-refractivity contribution in [1.82, 2.24) is 16.0 Å². The van der Waals surface area contributed by atoms with Crippen molar-refractivity contribution in [3.63, 3.8) is 0 Å². The third-order valence-electron chi connectivity index (χ3n) is 1.68. The Bertz CT molecular complexity index is 372. The summed E-state index contributed by atoms with van der Waals surface area (Å²) in [6.45, 7) is 0.666. The Morgan fingerprint density at radius 2 is 1.47 bits per heavy atom. The number of rotatable bonds is 8. The molecule has 0 bridgehead atoms. The molecule has 0 heterocycles. The van der Waals surface area contributed by atoms with Crippen molar-refractivity contribution in [2.45, 2.75) is 6.92 Å². The predicted molar refractivity (Wildman–Crippen MR) is 68.2 cm³/mol. The first kappa shape index (κ1) is 17.1. The van der Waals surface area contributed by atoms with Crippen molar-refractivity contribution < 1.29 is 24.0 Å². The van der Waals surface area contributed by atoms with E-state index in [4.69, 9.17) is 0 Å². The van der Waals surface area contributed by atoms with E-state index >= 15 is 0 Å². The third-order valence-corrected chi connectivity index (χ3v) is 2.49. The van der Waals surface area contributed by atoms with E-state index in [-0.39, 0.29) is 30.5 Å². The van der Waals surface area contributed by atoms with Gasteiger partial charge in [-0.05, 0) is 0 Å². The van der Waals surface area contributed by atoms with Gasteiger partial charge in [0, 0.05) is 6.92 Å². The van der Waals surface area contributed by atoms with Gasteiger partial charge < -0.3 is 20.7 Å². The van der Waals surface area contributed by atoms with Gasteiger partial charge in [-0.1, -0.05) is 11.8 Å². The van der Waals surface area contributed by atoms with Gasteiger partial charge >= 0.3 is 0 Å². The fourth-order valence-corrected chi connectivity index (χ4v) is 1.29. The lowest BCUT2D eigenvalue weighted by Gasteiger charge is -2.06. The Morgan fingerprint density at radius 1 is 0.947 bits per heavy atom. The summed E-state index contributed by atoms with van der Waals surface area (Å²) in [6.07, 6.45) is 0.520. The summed E-state index contributed by atoms with van der Waals surface area (Å²) in [5.41, 5.74) is 0. The second-order valence-corrected chi connectivity index (χ2v) is 4.46. The second-order valence-electron chi connectivity index (χ2n) is 3.30. The average molecular weight is 289 g/mol. The maximum absolute atomic E-state index is 11.2. The number of aldehydes is 1. The summed E-state index contributed by atoms with van der Waals surface area (Å²) in [5.74, 6) is -1.54. The Morgan fingerprint density at radius 3 is 2.00 bits per heavy atom. The van der Waals surface area contributed by atoms with Crippen molar-refractivity contribution in [2.24, 2.45) is 0 Å². The van der Waals surface area contributed by atoms with Crippen LogP contribution >= 0.6 is 11.8 Å². The number of amides is 3. The molecule has 106 valence electrons. The largest absolute Gasteiger partial charge is 0.348 e. The minimum Gasteiger partial charge on any atom is -0.348 e. The van der Waals surface area contributed by atoms with E-state index < -0.39 is 17.7 Å². The standard InChI is InChI=1S/C10H15N3O5S/c1-7(15)19-6-10(18)13-5-9(17)12-4-8(16)11-2-3-14/h3H,2,4-6H2,1H3,(H,11,16)(H,12,17)(H,13,18). The number of hydrogen-bond donors (Lipinski definition) is 3. The molecule has 0 fully saturated rings. The Balaban J connectivity index is 3.69. The molecule has 0 radical (unpaired) electrons. The molecule has 0 unspecified atom stereocenters. The molecule has 8 nitrogen and oxygen atoms in total. The zero-order valence-electron chi connectivity index (χ0n) is 10.4. The summed E-state index contributed by atoms with van der Waals surface area (Å²) in [5, 5.41) is 6.60. The zero-order chi connectivity index (χ0) is 14.7.